The van der Waals surface area contributed by atoms with Crippen molar-refractivity contribution in [1.82, 2.24) is 20.3 Å². The Labute approximate surface area is 126 Å². The lowest BCUT2D eigenvalue weighted by molar-refractivity contribution is 0.0950. The number of fused-ring (bicyclic) bond motifs is 1. The lowest BCUT2D eigenvalue weighted by Gasteiger charge is -2.05. The summed E-state index contributed by atoms with van der Waals surface area (Å²) in [7, 11) is 0. The Morgan fingerprint density at radius 2 is 2.19 bits per heavy atom. The highest BCUT2D eigenvalue weighted by Crippen LogP contribution is 2.16. The van der Waals surface area contributed by atoms with E-state index in [4.69, 9.17) is 11.6 Å². The first-order valence-electron chi connectivity index (χ1n) is 6.47. The van der Waals surface area contributed by atoms with Gasteiger partial charge in [-0.25, -0.2) is 4.98 Å². The number of aromatic nitrogens is 3. The number of halogens is 1. The molecule has 0 aliphatic rings. The van der Waals surface area contributed by atoms with E-state index in [9.17, 15) is 4.79 Å². The van der Waals surface area contributed by atoms with Crippen LogP contribution in [0, 0.1) is 6.92 Å². The summed E-state index contributed by atoms with van der Waals surface area (Å²) < 4.78 is 0. The van der Waals surface area contributed by atoms with Crippen molar-refractivity contribution >= 4 is 28.5 Å². The van der Waals surface area contributed by atoms with Gasteiger partial charge >= 0.3 is 0 Å². The quantitative estimate of drug-likeness (QED) is 0.781. The van der Waals surface area contributed by atoms with Crippen LogP contribution in [0.3, 0.4) is 0 Å². The van der Waals surface area contributed by atoms with Gasteiger partial charge in [-0.15, -0.1) is 0 Å². The second-order valence-corrected chi connectivity index (χ2v) is 5.10. The Bertz CT molecular complexity index is 779. The molecule has 0 saturated heterocycles. The highest BCUT2D eigenvalue weighted by atomic mass is 35.5. The molecule has 21 heavy (non-hydrogen) atoms. The number of aromatic amines is 1. The Hall–Kier alpha value is -2.40. The van der Waals surface area contributed by atoms with E-state index in [0.717, 1.165) is 16.7 Å². The monoisotopic (exact) mass is 300 g/mol. The number of carbonyl (C=O) groups is 1. The fourth-order valence-electron chi connectivity index (χ4n) is 2.04. The number of para-hydroxylation sites is 2. The van der Waals surface area contributed by atoms with Gasteiger partial charge < -0.3 is 10.3 Å². The minimum absolute atomic E-state index is 0.270. The molecule has 1 amide bonds. The van der Waals surface area contributed by atoms with Gasteiger partial charge in [0.2, 0.25) is 0 Å². The molecule has 5 nitrogen and oxygen atoms in total. The molecule has 2 heterocycles. The lowest BCUT2D eigenvalue weighted by Crippen LogP contribution is -2.24. The molecule has 3 aromatic rings. The summed E-state index contributed by atoms with van der Waals surface area (Å²) in [5.74, 6) is 0.425. The summed E-state index contributed by atoms with van der Waals surface area (Å²) in [6, 6.07) is 9.37. The molecule has 3 rings (SSSR count). The van der Waals surface area contributed by atoms with Gasteiger partial charge in [-0.05, 0) is 25.1 Å². The molecule has 2 aromatic heterocycles. The van der Waals surface area contributed by atoms with Gasteiger partial charge in [0, 0.05) is 11.9 Å². The molecule has 2 N–H and O–H groups in total. The summed E-state index contributed by atoms with van der Waals surface area (Å²) in [6.45, 7) is 2.12. The molecule has 0 aliphatic heterocycles. The molecule has 0 bridgehead atoms. The van der Waals surface area contributed by atoms with Crippen LogP contribution in [0.25, 0.3) is 11.0 Å². The lowest BCUT2D eigenvalue weighted by atomic mass is 10.2. The maximum absolute atomic E-state index is 12.1. The average molecular weight is 301 g/mol. The van der Waals surface area contributed by atoms with Gasteiger partial charge in [0.15, 0.2) is 0 Å². The van der Waals surface area contributed by atoms with E-state index < -0.39 is 0 Å². The zero-order chi connectivity index (χ0) is 14.8. The number of benzene rings is 1. The van der Waals surface area contributed by atoms with Gasteiger partial charge in [-0.1, -0.05) is 23.7 Å². The second kappa shape index (κ2) is 5.54. The second-order valence-electron chi connectivity index (χ2n) is 4.69. The van der Waals surface area contributed by atoms with Crippen LogP contribution in [0.5, 0.6) is 0 Å². The number of H-pyrrole nitrogens is 1. The van der Waals surface area contributed by atoms with E-state index in [1.54, 1.807) is 6.07 Å². The van der Waals surface area contributed by atoms with E-state index >= 15 is 0 Å². The maximum Gasteiger partial charge on any atom is 0.254 e. The van der Waals surface area contributed by atoms with Crippen LogP contribution in [0.15, 0.2) is 36.5 Å². The van der Waals surface area contributed by atoms with Crippen molar-refractivity contribution < 1.29 is 4.79 Å². The van der Waals surface area contributed by atoms with Crippen LogP contribution in [0.4, 0.5) is 0 Å². The van der Waals surface area contributed by atoms with E-state index in [1.165, 1.54) is 6.20 Å². The number of nitrogens with one attached hydrogen (secondary N) is 2. The topological polar surface area (TPSA) is 70.7 Å². The first-order chi connectivity index (χ1) is 10.1. The van der Waals surface area contributed by atoms with Crippen molar-refractivity contribution in [3.8, 4) is 0 Å². The zero-order valence-corrected chi connectivity index (χ0v) is 12.1. The smallest absolute Gasteiger partial charge is 0.254 e. The molecule has 0 saturated carbocycles. The number of carbonyl (C=O) groups excluding carboxylic acids is 1. The fraction of sp³-hybridized carbons (Fsp3) is 0.133. The number of aryl methyl sites for hydroxylation is 1. The largest absolute Gasteiger partial charge is 0.345 e. The predicted molar refractivity (Wildman–Crippen MR) is 81.2 cm³/mol. The zero-order valence-electron chi connectivity index (χ0n) is 11.4. The summed E-state index contributed by atoms with van der Waals surface area (Å²) in [4.78, 5) is 23.7. The Morgan fingerprint density at radius 1 is 1.38 bits per heavy atom. The number of amides is 1. The Morgan fingerprint density at radius 3 is 2.95 bits per heavy atom. The molecule has 106 valence electrons. The standard InChI is InChI=1S/C15H13ClN4O/c1-9-6-11(16)10(7-17-9)15(21)18-8-14-19-12-4-2-3-5-13(12)20-14/h2-7H,8H2,1H3,(H,18,21)(H,19,20). The molecular weight excluding hydrogens is 288 g/mol. The molecule has 0 aliphatic carbocycles. The van der Waals surface area contributed by atoms with Gasteiger partial charge in [-0.3, -0.25) is 9.78 Å². The third-order valence-corrected chi connectivity index (χ3v) is 3.40. The summed E-state index contributed by atoms with van der Waals surface area (Å²) in [6.07, 6.45) is 1.48. The number of pyridine rings is 1. The first-order valence-corrected chi connectivity index (χ1v) is 6.85. The molecule has 1 aromatic carbocycles. The minimum Gasteiger partial charge on any atom is -0.345 e. The van der Waals surface area contributed by atoms with E-state index in [1.807, 2.05) is 31.2 Å². The van der Waals surface area contributed by atoms with Gasteiger partial charge in [0.05, 0.1) is 28.2 Å². The van der Waals surface area contributed by atoms with Gasteiger partial charge in [-0.2, -0.15) is 0 Å². The molecule has 0 atom stereocenters. The fourth-order valence-corrected chi connectivity index (χ4v) is 2.33. The SMILES string of the molecule is Cc1cc(Cl)c(C(=O)NCc2nc3ccccc3[nH]2)cn1. The van der Waals surface area contributed by atoms with Gasteiger partial charge in [0.1, 0.15) is 5.82 Å². The summed E-state index contributed by atoms with van der Waals surface area (Å²) in [5.41, 5.74) is 2.95. The van der Waals surface area contributed by atoms with Crippen LogP contribution in [-0.4, -0.2) is 20.9 Å². The van der Waals surface area contributed by atoms with Crippen molar-refractivity contribution in [3.05, 3.63) is 58.6 Å². The molecular formula is C15H13ClN4O. The van der Waals surface area contributed by atoms with Crippen molar-refractivity contribution in [2.45, 2.75) is 13.5 Å². The molecule has 0 unspecified atom stereocenters. The normalized spacial score (nSPS) is 10.8. The van der Waals surface area contributed by atoms with E-state index in [-0.39, 0.29) is 5.91 Å². The van der Waals surface area contributed by atoms with Crippen LogP contribution >= 0.6 is 11.6 Å². The van der Waals surface area contributed by atoms with E-state index in [2.05, 4.69) is 20.3 Å². The average Bonchev–Trinajstić information content (AvgIpc) is 2.87. The van der Waals surface area contributed by atoms with Crippen molar-refractivity contribution in [1.29, 1.82) is 0 Å². The summed E-state index contributed by atoms with van der Waals surface area (Å²) in [5, 5.41) is 3.17. The van der Waals surface area contributed by atoms with Crippen molar-refractivity contribution in [2.24, 2.45) is 0 Å². The predicted octanol–water partition coefficient (Wildman–Crippen LogP) is 2.85. The molecule has 0 fully saturated rings. The number of rotatable bonds is 3. The number of hydrogen-bond donors (Lipinski definition) is 2. The van der Waals surface area contributed by atoms with Crippen LogP contribution in [0.2, 0.25) is 5.02 Å². The van der Waals surface area contributed by atoms with Crippen molar-refractivity contribution in [3.63, 3.8) is 0 Å². The highest BCUT2D eigenvalue weighted by molar-refractivity contribution is 6.33. The number of imidazole rings is 1. The Kier molecular flexibility index (Phi) is 3.58. The summed E-state index contributed by atoms with van der Waals surface area (Å²) >= 11 is 6.05. The molecule has 0 radical (unpaired) electrons. The third kappa shape index (κ3) is 2.87. The number of nitrogens with zero attached hydrogens (tertiary/aromatic N) is 2. The van der Waals surface area contributed by atoms with Crippen LogP contribution < -0.4 is 5.32 Å². The van der Waals surface area contributed by atoms with Crippen molar-refractivity contribution in [2.75, 3.05) is 0 Å². The Balaban J connectivity index is 1.73. The number of hydrogen-bond acceptors (Lipinski definition) is 3. The van der Waals surface area contributed by atoms with E-state index in [0.29, 0.717) is 23.0 Å². The minimum atomic E-state index is -0.270. The molecule has 0 spiro atoms. The van der Waals surface area contributed by atoms with Gasteiger partial charge in [0.25, 0.3) is 5.91 Å². The first kappa shape index (κ1) is 13.6. The van der Waals surface area contributed by atoms with Crippen LogP contribution in [-0.2, 0) is 6.54 Å². The van der Waals surface area contributed by atoms with Crippen LogP contribution in [0.1, 0.15) is 21.9 Å². The molecule has 6 heteroatoms. The maximum atomic E-state index is 12.1. The third-order valence-electron chi connectivity index (χ3n) is 3.09. The highest BCUT2D eigenvalue weighted by Gasteiger charge is 2.11.